The van der Waals surface area contributed by atoms with E-state index in [0.717, 1.165) is 34.6 Å². The first kappa shape index (κ1) is 43.1. The third kappa shape index (κ3) is 6.89. The maximum absolute atomic E-state index is 14.2. The van der Waals surface area contributed by atoms with Crippen molar-refractivity contribution in [2.45, 2.75) is 115 Å². The first-order valence-electron chi connectivity index (χ1n) is 19.0. The molecular weight excluding hydrogens is 778 g/mol. The minimum Gasteiger partial charge on any atom is -0.461 e. The van der Waals surface area contributed by atoms with Gasteiger partial charge in [0, 0.05) is 39.8 Å². The highest BCUT2D eigenvalue weighted by molar-refractivity contribution is 5.91. The summed E-state index contributed by atoms with van der Waals surface area (Å²) in [6.45, 7) is 7.73. The maximum Gasteiger partial charge on any atom is 0.340 e. The van der Waals surface area contributed by atoms with Gasteiger partial charge in [-0.05, 0) is 38.1 Å². The Hall–Kier alpha value is -5.46. The van der Waals surface area contributed by atoms with E-state index < -0.39 is 132 Å². The number of ether oxygens (including phenoxy) is 8. The molecule has 0 radical (unpaired) electrons. The molecule has 2 saturated carbocycles. The van der Waals surface area contributed by atoms with Crippen LogP contribution in [0.2, 0.25) is 0 Å². The molecule has 18 nitrogen and oxygen atoms in total. The quantitative estimate of drug-likeness (QED) is 0.298. The Morgan fingerprint density at radius 2 is 1.41 bits per heavy atom. The van der Waals surface area contributed by atoms with Crippen molar-refractivity contribution < 1.29 is 81.7 Å². The molecule has 1 unspecified atom stereocenters. The van der Waals surface area contributed by atoms with Gasteiger partial charge in [-0.1, -0.05) is 32.0 Å². The topological polar surface area (TPSA) is 247 Å². The Kier molecular flexibility index (Phi) is 11.4. The van der Waals surface area contributed by atoms with Crippen molar-refractivity contribution in [2.75, 3.05) is 13.2 Å². The number of carbonyl (C=O) groups excluding carboxylic acids is 7. The van der Waals surface area contributed by atoms with Gasteiger partial charge in [-0.25, -0.2) is 9.59 Å². The average molecular weight is 826 g/mol. The summed E-state index contributed by atoms with van der Waals surface area (Å²) in [6, 6.07) is 10.5. The van der Waals surface area contributed by atoms with Crippen LogP contribution in [0.3, 0.4) is 0 Å². The molecule has 1 aromatic heterocycles. The maximum atomic E-state index is 14.2. The summed E-state index contributed by atoms with van der Waals surface area (Å²) in [4.78, 5) is 99.3. The third-order valence-electron chi connectivity index (χ3n) is 12.1. The molecule has 18 heteroatoms. The number of aliphatic hydroxyl groups excluding tert-OH is 1. The van der Waals surface area contributed by atoms with Crippen LogP contribution in [0.5, 0.6) is 0 Å². The second kappa shape index (κ2) is 15.6. The van der Waals surface area contributed by atoms with Crippen LogP contribution in [0.25, 0.3) is 0 Å². The van der Waals surface area contributed by atoms with Crippen molar-refractivity contribution >= 4 is 41.8 Å². The van der Waals surface area contributed by atoms with Crippen LogP contribution < -0.4 is 0 Å². The molecule has 1 saturated heterocycles. The zero-order chi connectivity index (χ0) is 43.4. The fraction of sp³-hybridized carbons (Fsp3) is 0.561. The number of aliphatic hydroxyl groups is 2. The monoisotopic (exact) mass is 825 g/mol. The first-order valence-corrected chi connectivity index (χ1v) is 19.0. The number of benzene rings is 1. The van der Waals surface area contributed by atoms with Gasteiger partial charge in [0.05, 0.1) is 28.7 Å². The fourth-order valence-corrected chi connectivity index (χ4v) is 9.59. The highest BCUT2D eigenvalue weighted by atomic mass is 16.7. The number of carbonyl (C=O) groups is 7. The largest absolute Gasteiger partial charge is 0.461 e. The summed E-state index contributed by atoms with van der Waals surface area (Å²) < 4.78 is 48.8. The lowest BCUT2D eigenvalue weighted by atomic mass is 9.45. The standard InChI is InChI=1S/C41H47NO17/c1-19-20(2)35(48)58-32-29(47)33(56-23(5)45)40(18-53-36(49)25-13-10-9-11-14-25)34(57-24(6)46)30(54-21(3)43)27-31(55-22(4)44)41(40,39(32,8)51)59-38(27,7)17-52-37(50)26-15-12-16-42-28(19)26/h9-16,19-20,27,29-34,47,51H,17-18H2,1-8H3/t19-,20-,27+,29-,30?,31+,32-,33-,34+,38-,39-,40-,41-/m0/s1. The summed E-state index contributed by atoms with van der Waals surface area (Å²) in [5, 5.41) is 25.9. The molecule has 6 rings (SSSR count). The smallest absolute Gasteiger partial charge is 0.340 e. The van der Waals surface area contributed by atoms with Crippen LogP contribution in [-0.4, -0.2) is 124 Å². The number of nitrogens with zero attached hydrogens (tertiary/aromatic N) is 1. The van der Waals surface area contributed by atoms with E-state index in [2.05, 4.69) is 4.98 Å². The minimum absolute atomic E-state index is 0.0131. The number of rotatable bonds is 7. The Morgan fingerprint density at radius 3 is 2.02 bits per heavy atom. The van der Waals surface area contributed by atoms with Crippen LogP contribution in [0.1, 0.15) is 87.7 Å². The summed E-state index contributed by atoms with van der Waals surface area (Å²) in [7, 11) is 0. The van der Waals surface area contributed by atoms with Gasteiger partial charge in [0.25, 0.3) is 0 Å². The van der Waals surface area contributed by atoms with E-state index in [-0.39, 0.29) is 16.8 Å². The van der Waals surface area contributed by atoms with E-state index in [9.17, 15) is 43.8 Å². The molecule has 0 amide bonds. The summed E-state index contributed by atoms with van der Waals surface area (Å²) in [5.41, 5.74) is -10.1. The van der Waals surface area contributed by atoms with Crippen LogP contribution in [-0.2, 0) is 61.9 Å². The summed E-state index contributed by atoms with van der Waals surface area (Å²) in [5.74, 6) is -10.6. The molecule has 1 spiro atoms. The number of pyridine rings is 1. The second-order valence-electron chi connectivity index (χ2n) is 15.9. The van der Waals surface area contributed by atoms with E-state index in [4.69, 9.17) is 37.9 Å². The Labute approximate surface area is 338 Å². The number of hydrogen-bond acceptors (Lipinski definition) is 18. The van der Waals surface area contributed by atoms with Gasteiger partial charge < -0.3 is 48.1 Å². The zero-order valence-electron chi connectivity index (χ0n) is 33.7. The number of cyclic esters (lactones) is 1. The highest BCUT2D eigenvalue weighted by Crippen LogP contribution is 2.70. The van der Waals surface area contributed by atoms with E-state index in [0.29, 0.717) is 0 Å². The van der Waals surface area contributed by atoms with Gasteiger partial charge in [0.15, 0.2) is 17.8 Å². The van der Waals surface area contributed by atoms with Crippen molar-refractivity contribution in [3.05, 3.63) is 65.5 Å². The molecule has 3 fully saturated rings. The van der Waals surface area contributed by atoms with E-state index in [1.807, 2.05) is 0 Å². The summed E-state index contributed by atoms with van der Waals surface area (Å²) >= 11 is 0. The van der Waals surface area contributed by atoms with Crippen molar-refractivity contribution in [2.24, 2.45) is 17.3 Å². The lowest BCUT2D eigenvalue weighted by Gasteiger charge is -2.67. The van der Waals surface area contributed by atoms with Gasteiger partial charge in [-0.2, -0.15) is 0 Å². The van der Waals surface area contributed by atoms with Crippen molar-refractivity contribution in [3.63, 3.8) is 0 Å². The Morgan fingerprint density at radius 1 is 0.814 bits per heavy atom. The highest BCUT2D eigenvalue weighted by Gasteiger charge is 2.91. The summed E-state index contributed by atoms with van der Waals surface area (Å²) in [6.07, 6.45) is -10.8. The Balaban J connectivity index is 1.74. The van der Waals surface area contributed by atoms with Gasteiger partial charge in [0.1, 0.15) is 54.2 Å². The lowest BCUT2D eigenvalue weighted by Crippen LogP contribution is -2.89. The molecule has 3 heterocycles. The molecule has 13 atom stereocenters. The number of hydrogen-bond donors (Lipinski definition) is 2. The first-order chi connectivity index (χ1) is 27.6. The number of esters is 7. The minimum atomic E-state index is -2.82. The SMILES string of the molecule is CC(=O)OC1[C@@H](OC(C)=O)[C@]2(COC(=O)c3ccccc3)[C@@H](OC(C)=O)[C@@H](O)[C@@H]3OC(=O)[C@@H](C)[C@H](C)c4ncccc4C(=O)OC[C@]4(C)O[C@@]2([C@H](OC(C)=O)[C@@H]14)[C@@]3(C)O. The van der Waals surface area contributed by atoms with Crippen molar-refractivity contribution in [3.8, 4) is 0 Å². The fourth-order valence-electron chi connectivity index (χ4n) is 9.59. The third-order valence-corrected chi connectivity index (χ3v) is 12.1. The van der Waals surface area contributed by atoms with Crippen molar-refractivity contribution in [1.29, 1.82) is 0 Å². The number of aromatic nitrogens is 1. The molecule has 2 aromatic rings. The van der Waals surface area contributed by atoms with Crippen LogP contribution >= 0.6 is 0 Å². The van der Waals surface area contributed by atoms with E-state index in [1.54, 1.807) is 25.1 Å². The van der Waals surface area contributed by atoms with E-state index in [1.165, 1.54) is 44.3 Å². The molecule has 2 aliphatic carbocycles. The van der Waals surface area contributed by atoms with E-state index >= 15 is 0 Å². The lowest BCUT2D eigenvalue weighted by molar-refractivity contribution is -0.386. The van der Waals surface area contributed by atoms with Gasteiger partial charge >= 0.3 is 41.8 Å². The van der Waals surface area contributed by atoms with Gasteiger partial charge in [-0.3, -0.25) is 29.0 Å². The number of fused-ring (bicyclic) bond motifs is 5. The molecule has 318 valence electrons. The zero-order valence-corrected chi connectivity index (χ0v) is 33.7. The van der Waals surface area contributed by atoms with Crippen LogP contribution in [0.4, 0.5) is 0 Å². The van der Waals surface area contributed by atoms with Crippen LogP contribution in [0.15, 0.2) is 48.7 Å². The molecule has 4 bridgehead atoms. The Bertz CT molecular complexity index is 2040. The molecular formula is C41H47NO17. The molecule has 4 aliphatic rings. The second-order valence-corrected chi connectivity index (χ2v) is 15.9. The average Bonchev–Trinajstić information content (AvgIpc) is 3.39. The van der Waals surface area contributed by atoms with Crippen molar-refractivity contribution in [1.82, 2.24) is 4.98 Å². The molecule has 2 aliphatic heterocycles. The van der Waals surface area contributed by atoms with Gasteiger partial charge in [-0.15, -0.1) is 0 Å². The predicted molar refractivity (Wildman–Crippen MR) is 196 cm³/mol. The molecule has 2 N–H and O–H groups in total. The predicted octanol–water partition coefficient (Wildman–Crippen LogP) is 1.76. The normalized spacial score (nSPS) is 37.4. The van der Waals surface area contributed by atoms with Gasteiger partial charge in [0.2, 0.25) is 0 Å². The molecule has 1 aromatic carbocycles. The molecule has 59 heavy (non-hydrogen) atoms. The van der Waals surface area contributed by atoms with Crippen LogP contribution in [0, 0.1) is 17.3 Å².